The quantitative estimate of drug-likeness (QED) is 0.770. The molecule has 1 aliphatic heterocycles. The lowest BCUT2D eigenvalue weighted by Crippen LogP contribution is -2.50. The van der Waals surface area contributed by atoms with Crippen molar-refractivity contribution in [1.82, 2.24) is 9.88 Å². The number of piperazine rings is 1. The van der Waals surface area contributed by atoms with Gasteiger partial charge in [-0.15, -0.1) is 0 Å². The second kappa shape index (κ2) is 7.58. The summed E-state index contributed by atoms with van der Waals surface area (Å²) in [6, 6.07) is 1.56. The lowest BCUT2D eigenvalue weighted by molar-refractivity contribution is 0.0240. The van der Waals surface area contributed by atoms with Gasteiger partial charge >= 0.3 is 12.1 Å². The van der Waals surface area contributed by atoms with Crippen LogP contribution in [0.3, 0.4) is 0 Å². The van der Waals surface area contributed by atoms with Crippen LogP contribution in [0.25, 0.3) is 0 Å². The van der Waals surface area contributed by atoms with E-state index in [0.717, 1.165) is 5.69 Å². The molecule has 0 bridgehead atoms. The molecule has 1 amide bonds. The summed E-state index contributed by atoms with van der Waals surface area (Å²) in [5, 5.41) is 0. The van der Waals surface area contributed by atoms with Crippen molar-refractivity contribution >= 4 is 17.7 Å². The van der Waals surface area contributed by atoms with Crippen LogP contribution in [0.1, 0.15) is 31.3 Å². The van der Waals surface area contributed by atoms with Gasteiger partial charge in [-0.3, -0.25) is 0 Å². The van der Waals surface area contributed by atoms with E-state index in [1.54, 1.807) is 17.2 Å². The summed E-state index contributed by atoms with van der Waals surface area (Å²) in [7, 11) is 2.84. The largest absolute Gasteiger partial charge is 0.494 e. The molecular weight excluding hydrogens is 326 g/mol. The third-order valence-electron chi connectivity index (χ3n) is 3.73. The van der Waals surface area contributed by atoms with E-state index in [4.69, 9.17) is 9.47 Å². The standard InChI is InChI=1S/C17H25N3O5/c1-17(2,3)25-16(22)20-8-6-19(7-9-20)13-11-18-12(15(21)24-5)10-14(13)23-4/h10-11H,6-9H2,1-5H3. The number of ether oxygens (including phenoxy) is 3. The summed E-state index contributed by atoms with van der Waals surface area (Å²) < 4.78 is 15.4. The summed E-state index contributed by atoms with van der Waals surface area (Å²) in [5.74, 6) is 0.0284. The molecule has 0 unspecified atom stereocenters. The number of rotatable bonds is 3. The van der Waals surface area contributed by atoms with Crippen molar-refractivity contribution in [2.45, 2.75) is 26.4 Å². The van der Waals surface area contributed by atoms with Crippen LogP contribution >= 0.6 is 0 Å². The van der Waals surface area contributed by atoms with Crippen LogP contribution in [-0.2, 0) is 9.47 Å². The number of nitrogens with zero attached hydrogens (tertiary/aromatic N) is 3. The Hall–Kier alpha value is -2.51. The first kappa shape index (κ1) is 18.8. The number of anilines is 1. The molecule has 1 aromatic heterocycles. The van der Waals surface area contributed by atoms with Gasteiger partial charge in [-0.25, -0.2) is 14.6 Å². The van der Waals surface area contributed by atoms with Crippen molar-refractivity contribution in [3.63, 3.8) is 0 Å². The molecule has 1 aromatic rings. The fraction of sp³-hybridized carbons (Fsp3) is 0.588. The van der Waals surface area contributed by atoms with Crippen LogP contribution in [0.2, 0.25) is 0 Å². The zero-order valence-electron chi connectivity index (χ0n) is 15.4. The smallest absolute Gasteiger partial charge is 0.410 e. The second-order valence-electron chi connectivity index (χ2n) is 6.69. The van der Waals surface area contributed by atoms with E-state index in [0.29, 0.717) is 31.9 Å². The Balaban J connectivity index is 2.05. The van der Waals surface area contributed by atoms with Crippen LogP contribution in [0, 0.1) is 0 Å². The van der Waals surface area contributed by atoms with Gasteiger partial charge in [0.05, 0.1) is 26.1 Å². The van der Waals surface area contributed by atoms with E-state index in [1.165, 1.54) is 14.2 Å². The number of hydrogen-bond acceptors (Lipinski definition) is 7. The van der Waals surface area contributed by atoms with E-state index in [9.17, 15) is 9.59 Å². The summed E-state index contributed by atoms with van der Waals surface area (Å²) in [5.41, 5.74) is 0.458. The Morgan fingerprint density at radius 2 is 1.76 bits per heavy atom. The average Bonchev–Trinajstić information content (AvgIpc) is 2.59. The summed E-state index contributed by atoms with van der Waals surface area (Å²) in [6.07, 6.45) is 1.28. The fourth-order valence-electron chi connectivity index (χ4n) is 2.50. The molecular formula is C17H25N3O5. The highest BCUT2D eigenvalue weighted by molar-refractivity contribution is 5.88. The number of methoxy groups -OCH3 is 2. The monoisotopic (exact) mass is 351 g/mol. The molecule has 0 N–H and O–H groups in total. The van der Waals surface area contributed by atoms with Crippen molar-refractivity contribution in [2.24, 2.45) is 0 Å². The van der Waals surface area contributed by atoms with Crippen LogP contribution in [-0.4, -0.2) is 67.9 Å². The van der Waals surface area contributed by atoms with Gasteiger partial charge in [-0.05, 0) is 20.8 Å². The van der Waals surface area contributed by atoms with Crippen LogP contribution < -0.4 is 9.64 Å². The average molecular weight is 351 g/mol. The molecule has 25 heavy (non-hydrogen) atoms. The molecule has 0 spiro atoms. The maximum atomic E-state index is 12.1. The first-order chi connectivity index (χ1) is 11.7. The SMILES string of the molecule is COC(=O)c1cc(OC)c(N2CCN(C(=O)OC(C)(C)C)CC2)cn1. The maximum Gasteiger partial charge on any atom is 0.410 e. The van der Waals surface area contributed by atoms with Crippen molar-refractivity contribution in [2.75, 3.05) is 45.3 Å². The highest BCUT2D eigenvalue weighted by Gasteiger charge is 2.27. The molecule has 2 rings (SSSR count). The highest BCUT2D eigenvalue weighted by Crippen LogP contribution is 2.29. The number of carbonyl (C=O) groups excluding carboxylic acids is 2. The van der Waals surface area contributed by atoms with Gasteiger partial charge in [0, 0.05) is 32.2 Å². The minimum absolute atomic E-state index is 0.190. The predicted molar refractivity (Wildman–Crippen MR) is 92.1 cm³/mol. The number of esters is 1. The molecule has 138 valence electrons. The predicted octanol–water partition coefficient (Wildman–Crippen LogP) is 1.93. The molecule has 0 atom stereocenters. The van der Waals surface area contributed by atoms with Gasteiger partial charge in [-0.2, -0.15) is 0 Å². The van der Waals surface area contributed by atoms with Crippen molar-refractivity contribution < 1.29 is 23.8 Å². The Morgan fingerprint density at radius 1 is 1.12 bits per heavy atom. The Kier molecular flexibility index (Phi) is 5.71. The maximum absolute atomic E-state index is 12.1. The number of amides is 1. The second-order valence-corrected chi connectivity index (χ2v) is 6.69. The summed E-state index contributed by atoms with van der Waals surface area (Å²) in [4.78, 5) is 31.6. The Labute approximate surface area is 147 Å². The molecule has 1 aliphatic rings. The fourth-order valence-corrected chi connectivity index (χ4v) is 2.50. The van der Waals surface area contributed by atoms with E-state index in [2.05, 4.69) is 14.6 Å². The molecule has 0 aliphatic carbocycles. The number of hydrogen-bond donors (Lipinski definition) is 0. The first-order valence-corrected chi connectivity index (χ1v) is 8.10. The molecule has 0 aromatic carbocycles. The van der Waals surface area contributed by atoms with Gasteiger partial charge in [0.2, 0.25) is 0 Å². The van der Waals surface area contributed by atoms with Gasteiger partial charge < -0.3 is 24.0 Å². The van der Waals surface area contributed by atoms with Crippen LogP contribution in [0.4, 0.5) is 10.5 Å². The van der Waals surface area contributed by atoms with Gasteiger partial charge in [0.15, 0.2) is 5.69 Å². The number of pyridine rings is 1. The molecule has 0 radical (unpaired) electrons. The molecule has 2 heterocycles. The van der Waals surface area contributed by atoms with Crippen molar-refractivity contribution in [3.05, 3.63) is 18.0 Å². The minimum Gasteiger partial charge on any atom is -0.494 e. The number of carbonyl (C=O) groups is 2. The molecule has 0 saturated carbocycles. The Morgan fingerprint density at radius 3 is 2.28 bits per heavy atom. The zero-order chi connectivity index (χ0) is 18.6. The van der Waals surface area contributed by atoms with Crippen LogP contribution in [0.5, 0.6) is 5.75 Å². The minimum atomic E-state index is -0.514. The van der Waals surface area contributed by atoms with Crippen LogP contribution in [0.15, 0.2) is 12.3 Å². The van der Waals surface area contributed by atoms with Crippen molar-refractivity contribution in [3.8, 4) is 5.75 Å². The van der Waals surface area contributed by atoms with E-state index in [-0.39, 0.29) is 11.8 Å². The number of aromatic nitrogens is 1. The van der Waals surface area contributed by atoms with Gasteiger partial charge in [0.25, 0.3) is 0 Å². The van der Waals surface area contributed by atoms with E-state index in [1.807, 2.05) is 20.8 Å². The highest BCUT2D eigenvalue weighted by atomic mass is 16.6. The van der Waals surface area contributed by atoms with Gasteiger partial charge in [0.1, 0.15) is 11.4 Å². The Bertz CT molecular complexity index is 634. The molecule has 8 heteroatoms. The first-order valence-electron chi connectivity index (χ1n) is 8.10. The normalized spacial score (nSPS) is 14.9. The lowest BCUT2D eigenvalue weighted by Gasteiger charge is -2.37. The third kappa shape index (κ3) is 4.74. The third-order valence-corrected chi connectivity index (χ3v) is 3.73. The van der Waals surface area contributed by atoms with Gasteiger partial charge in [-0.1, -0.05) is 0 Å². The zero-order valence-corrected chi connectivity index (χ0v) is 15.4. The molecule has 1 saturated heterocycles. The van der Waals surface area contributed by atoms with E-state index >= 15 is 0 Å². The summed E-state index contributed by atoms with van der Waals surface area (Å²) in [6.45, 7) is 7.86. The van der Waals surface area contributed by atoms with E-state index < -0.39 is 11.6 Å². The topological polar surface area (TPSA) is 81.2 Å². The molecule has 1 fully saturated rings. The lowest BCUT2D eigenvalue weighted by atomic mass is 10.2. The van der Waals surface area contributed by atoms with Crippen molar-refractivity contribution in [1.29, 1.82) is 0 Å². The summed E-state index contributed by atoms with van der Waals surface area (Å²) >= 11 is 0. The molecule has 8 nitrogen and oxygen atoms in total.